The van der Waals surface area contributed by atoms with Crippen molar-refractivity contribution in [2.24, 2.45) is 0 Å². The number of nitrogens with zero attached hydrogens (tertiary/aromatic N) is 2. The Morgan fingerprint density at radius 2 is 1.89 bits per heavy atom. The predicted molar refractivity (Wildman–Crippen MR) is 72.4 cm³/mol. The number of hydrogen-bond donors (Lipinski definition) is 1. The first kappa shape index (κ1) is 14.5. The largest absolute Gasteiger partial charge is 0.480 e. The van der Waals surface area contributed by atoms with E-state index in [0.717, 1.165) is 5.75 Å². The fourth-order valence-corrected chi connectivity index (χ4v) is 3.59. The molecule has 1 N–H and O–H groups in total. The molecule has 0 saturated carbocycles. The lowest BCUT2D eigenvalue weighted by atomic mass is 10.2. The van der Waals surface area contributed by atoms with Crippen LogP contribution in [0.3, 0.4) is 0 Å². The molecule has 2 heterocycles. The molecule has 3 atom stereocenters. The smallest absolute Gasteiger partial charge is 0.327 e. The SMILES string of the molecule is CC1CN(C(=O)N2CCSCC2C(=O)O)CC(C)O1. The van der Waals surface area contributed by atoms with Gasteiger partial charge in [-0.25, -0.2) is 9.59 Å². The van der Waals surface area contributed by atoms with Crippen LogP contribution >= 0.6 is 11.8 Å². The first-order valence-corrected chi connectivity index (χ1v) is 7.66. The zero-order chi connectivity index (χ0) is 14.0. The van der Waals surface area contributed by atoms with Crippen molar-refractivity contribution in [2.75, 3.05) is 31.1 Å². The van der Waals surface area contributed by atoms with Crippen molar-refractivity contribution in [1.82, 2.24) is 9.80 Å². The lowest BCUT2D eigenvalue weighted by Gasteiger charge is -2.41. The van der Waals surface area contributed by atoms with Crippen LogP contribution in [0.4, 0.5) is 4.79 Å². The van der Waals surface area contributed by atoms with Crippen LogP contribution in [-0.4, -0.2) is 76.3 Å². The minimum atomic E-state index is -0.921. The molecule has 2 rings (SSSR count). The molecular formula is C12H20N2O4S. The fourth-order valence-electron chi connectivity index (χ4n) is 2.55. The standard InChI is InChI=1S/C12H20N2O4S/c1-8-5-13(6-9(2)18-8)12(17)14-3-4-19-7-10(14)11(15)16/h8-10H,3-7H2,1-2H3,(H,15,16). The van der Waals surface area contributed by atoms with E-state index in [0.29, 0.717) is 25.4 Å². The quantitative estimate of drug-likeness (QED) is 0.770. The average Bonchev–Trinajstić information content (AvgIpc) is 2.36. The number of urea groups is 1. The molecule has 2 amide bonds. The highest BCUT2D eigenvalue weighted by molar-refractivity contribution is 7.99. The van der Waals surface area contributed by atoms with Crippen LogP contribution in [0.25, 0.3) is 0 Å². The molecular weight excluding hydrogens is 268 g/mol. The van der Waals surface area contributed by atoms with Crippen LogP contribution in [0.1, 0.15) is 13.8 Å². The minimum Gasteiger partial charge on any atom is -0.480 e. The Kier molecular flexibility index (Phi) is 4.57. The van der Waals surface area contributed by atoms with E-state index in [2.05, 4.69) is 0 Å². The van der Waals surface area contributed by atoms with Gasteiger partial charge in [0.15, 0.2) is 0 Å². The number of amides is 2. The number of rotatable bonds is 1. The lowest BCUT2D eigenvalue weighted by Crippen LogP contribution is -2.58. The Morgan fingerprint density at radius 3 is 2.47 bits per heavy atom. The van der Waals surface area contributed by atoms with Gasteiger partial charge in [-0.3, -0.25) is 0 Å². The number of carbonyl (C=O) groups excluding carboxylic acids is 1. The molecule has 0 aromatic heterocycles. The van der Waals surface area contributed by atoms with E-state index in [1.165, 1.54) is 4.90 Å². The molecule has 0 aromatic rings. The molecule has 6 nitrogen and oxygen atoms in total. The first-order chi connectivity index (χ1) is 8.99. The third-order valence-corrected chi connectivity index (χ3v) is 4.37. The maximum atomic E-state index is 12.5. The van der Waals surface area contributed by atoms with E-state index in [-0.39, 0.29) is 18.2 Å². The van der Waals surface area contributed by atoms with Crippen LogP contribution in [-0.2, 0) is 9.53 Å². The van der Waals surface area contributed by atoms with Crippen LogP contribution in [0, 0.1) is 0 Å². The van der Waals surface area contributed by atoms with Gasteiger partial charge in [-0.15, -0.1) is 0 Å². The van der Waals surface area contributed by atoms with Gasteiger partial charge >= 0.3 is 12.0 Å². The summed E-state index contributed by atoms with van der Waals surface area (Å²) >= 11 is 1.58. The summed E-state index contributed by atoms with van der Waals surface area (Å²) in [6.07, 6.45) is -0.00899. The molecule has 0 aromatic carbocycles. The highest BCUT2D eigenvalue weighted by Gasteiger charge is 2.36. The van der Waals surface area contributed by atoms with E-state index < -0.39 is 12.0 Å². The topological polar surface area (TPSA) is 70.1 Å². The van der Waals surface area contributed by atoms with Crippen molar-refractivity contribution >= 4 is 23.8 Å². The Hall–Kier alpha value is -0.950. The number of thioether (sulfide) groups is 1. The lowest BCUT2D eigenvalue weighted by molar-refractivity contribution is -0.141. The molecule has 0 spiro atoms. The third-order valence-electron chi connectivity index (χ3n) is 3.35. The zero-order valence-electron chi connectivity index (χ0n) is 11.2. The van der Waals surface area contributed by atoms with E-state index in [1.807, 2.05) is 13.8 Å². The summed E-state index contributed by atoms with van der Waals surface area (Å²) in [5, 5.41) is 9.21. The average molecular weight is 288 g/mol. The van der Waals surface area contributed by atoms with E-state index in [9.17, 15) is 14.7 Å². The van der Waals surface area contributed by atoms with Crippen LogP contribution < -0.4 is 0 Å². The van der Waals surface area contributed by atoms with Gasteiger partial charge in [0, 0.05) is 31.1 Å². The number of carboxylic acid groups (broad SMARTS) is 1. The number of ether oxygens (including phenoxy) is 1. The second kappa shape index (κ2) is 6.00. The van der Waals surface area contributed by atoms with Gasteiger partial charge in [0.2, 0.25) is 0 Å². The van der Waals surface area contributed by atoms with Crippen LogP contribution in [0.5, 0.6) is 0 Å². The Labute approximate surface area is 117 Å². The Morgan fingerprint density at radius 1 is 1.26 bits per heavy atom. The van der Waals surface area contributed by atoms with Crippen LogP contribution in [0.15, 0.2) is 0 Å². The molecule has 7 heteroatoms. The van der Waals surface area contributed by atoms with Crippen LogP contribution in [0.2, 0.25) is 0 Å². The molecule has 0 aliphatic carbocycles. The monoisotopic (exact) mass is 288 g/mol. The van der Waals surface area contributed by atoms with Crippen molar-refractivity contribution < 1.29 is 19.4 Å². The maximum Gasteiger partial charge on any atom is 0.327 e. The number of hydrogen-bond acceptors (Lipinski definition) is 4. The summed E-state index contributed by atoms with van der Waals surface area (Å²) < 4.78 is 5.60. The van der Waals surface area contributed by atoms with Crippen molar-refractivity contribution in [1.29, 1.82) is 0 Å². The molecule has 2 aliphatic rings. The third kappa shape index (κ3) is 3.33. The molecule has 0 radical (unpaired) electrons. The zero-order valence-corrected chi connectivity index (χ0v) is 12.1. The summed E-state index contributed by atoms with van der Waals surface area (Å²) in [7, 11) is 0. The molecule has 19 heavy (non-hydrogen) atoms. The molecule has 108 valence electrons. The number of carboxylic acids is 1. The number of carbonyl (C=O) groups is 2. The second-order valence-corrected chi connectivity index (χ2v) is 6.22. The van der Waals surface area contributed by atoms with Gasteiger partial charge in [-0.05, 0) is 13.8 Å². The highest BCUT2D eigenvalue weighted by Crippen LogP contribution is 2.20. The molecule has 2 aliphatic heterocycles. The van der Waals surface area contributed by atoms with E-state index in [1.54, 1.807) is 16.7 Å². The predicted octanol–water partition coefficient (Wildman–Crippen LogP) is 0.718. The van der Waals surface area contributed by atoms with Gasteiger partial charge < -0.3 is 19.6 Å². The molecule has 2 fully saturated rings. The summed E-state index contributed by atoms with van der Waals surface area (Å²) in [5.41, 5.74) is 0. The Bertz CT molecular complexity index is 356. The van der Waals surface area contributed by atoms with E-state index >= 15 is 0 Å². The summed E-state index contributed by atoms with van der Waals surface area (Å²) in [5.74, 6) is 0.344. The van der Waals surface area contributed by atoms with Gasteiger partial charge in [0.05, 0.1) is 12.2 Å². The number of aliphatic carboxylic acids is 1. The fraction of sp³-hybridized carbons (Fsp3) is 0.833. The summed E-state index contributed by atoms with van der Waals surface area (Å²) in [4.78, 5) is 26.9. The summed E-state index contributed by atoms with van der Waals surface area (Å²) in [6, 6.07) is -0.880. The summed E-state index contributed by atoms with van der Waals surface area (Å²) in [6.45, 7) is 5.41. The van der Waals surface area contributed by atoms with Gasteiger partial charge in [0.25, 0.3) is 0 Å². The Balaban J connectivity index is 2.06. The van der Waals surface area contributed by atoms with Crippen molar-refractivity contribution in [2.45, 2.75) is 32.1 Å². The maximum absolute atomic E-state index is 12.5. The minimum absolute atomic E-state index is 0.00450. The highest BCUT2D eigenvalue weighted by atomic mass is 32.2. The second-order valence-electron chi connectivity index (χ2n) is 5.07. The van der Waals surface area contributed by atoms with Gasteiger partial charge in [-0.1, -0.05) is 0 Å². The molecule has 3 unspecified atom stereocenters. The molecule has 2 saturated heterocycles. The molecule has 0 bridgehead atoms. The van der Waals surface area contributed by atoms with Gasteiger partial charge in [0.1, 0.15) is 6.04 Å². The number of morpholine rings is 1. The van der Waals surface area contributed by atoms with Crippen molar-refractivity contribution in [3.05, 3.63) is 0 Å². The van der Waals surface area contributed by atoms with Gasteiger partial charge in [-0.2, -0.15) is 11.8 Å². The van der Waals surface area contributed by atoms with E-state index in [4.69, 9.17) is 4.74 Å². The van der Waals surface area contributed by atoms with Crippen molar-refractivity contribution in [3.63, 3.8) is 0 Å². The first-order valence-electron chi connectivity index (χ1n) is 6.50. The van der Waals surface area contributed by atoms with Crippen molar-refractivity contribution in [3.8, 4) is 0 Å². The normalized spacial score (nSPS) is 32.2.